The van der Waals surface area contributed by atoms with Gasteiger partial charge >= 0.3 is 0 Å². The van der Waals surface area contributed by atoms with Gasteiger partial charge in [-0.15, -0.1) is 0 Å². The molecule has 0 unspecified atom stereocenters. The molecule has 0 amide bonds. The standard InChI is InChI=1S/C45H33N2O/c1-30-12-26-41-40-27-23-37-10-6-7-11-39(37)43(40)48-44(41)42(30)45-46(2)28-29-47(45)38-24-21-36(22-25-38)35-19-17-34(18-20-35)33-15-13-32(14-16-33)31-8-4-3-5-9-31/h3-29H,1-2H3/q+1. The molecule has 0 bridgehead atoms. The predicted octanol–water partition coefficient (Wildman–Crippen LogP) is 11.3. The molecule has 228 valence electrons. The molecule has 2 heterocycles. The average molecular weight is 618 g/mol. The number of hydrogen-bond acceptors (Lipinski definition) is 1. The van der Waals surface area contributed by atoms with Crippen molar-refractivity contribution in [3.05, 3.63) is 170 Å². The molecule has 0 aliphatic carbocycles. The van der Waals surface area contributed by atoms with E-state index in [9.17, 15) is 0 Å². The monoisotopic (exact) mass is 617 g/mol. The molecule has 0 N–H and O–H groups in total. The highest BCUT2D eigenvalue weighted by atomic mass is 16.3. The number of hydrogen-bond donors (Lipinski definition) is 0. The molecule has 3 nitrogen and oxygen atoms in total. The van der Waals surface area contributed by atoms with Gasteiger partial charge in [0, 0.05) is 16.2 Å². The van der Waals surface area contributed by atoms with E-state index < -0.39 is 0 Å². The van der Waals surface area contributed by atoms with Crippen LogP contribution in [0.2, 0.25) is 0 Å². The Morgan fingerprint density at radius 2 is 1.00 bits per heavy atom. The lowest BCUT2D eigenvalue weighted by molar-refractivity contribution is -0.659. The highest BCUT2D eigenvalue weighted by Gasteiger charge is 2.26. The van der Waals surface area contributed by atoms with Gasteiger partial charge in [0.25, 0.3) is 5.82 Å². The van der Waals surface area contributed by atoms with Gasteiger partial charge in [0.2, 0.25) is 0 Å². The second-order valence-corrected chi connectivity index (χ2v) is 12.6. The minimum atomic E-state index is 0.920. The number of rotatable bonds is 5. The summed E-state index contributed by atoms with van der Waals surface area (Å²) in [5, 5.41) is 4.60. The van der Waals surface area contributed by atoms with Gasteiger partial charge in [-0.3, -0.25) is 0 Å². The number of benzene rings is 7. The summed E-state index contributed by atoms with van der Waals surface area (Å²) in [6.45, 7) is 2.17. The van der Waals surface area contributed by atoms with Crippen LogP contribution >= 0.6 is 0 Å². The van der Waals surface area contributed by atoms with Crippen LogP contribution in [0.1, 0.15) is 5.56 Å². The van der Waals surface area contributed by atoms with Crippen LogP contribution in [0.3, 0.4) is 0 Å². The summed E-state index contributed by atoms with van der Waals surface area (Å²) in [4.78, 5) is 0. The maximum Gasteiger partial charge on any atom is 0.297 e. The average Bonchev–Trinajstić information content (AvgIpc) is 3.72. The fraction of sp³-hybridized carbons (Fsp3) is 0.0444. The number of nitrogens with zero attached hydrogens (tertiary/aromatic N) is 2. The zero-order valence-corrected chi connectivity index (χ0v) is 26.9. The normalized spacial score (nSPS) is 11.5. The molecule has 2 aromatic heterocycles. The molecule has 3 heteroatoms. The molecule has 7 aromatic carbocycles. The summed E-state index contributed by atoms with van der Waals surface area (Å²) in [6.07, 6.45) is 4.25. The first-order chi connectivity index (χ1) is 23.6. The van der Waals surface area contributed by atoms with Crippen molar-refractivity contribution in [3.63, 3.8) is 0 Å². The Morgan fingerprint density at radius 3 is 1.65 bits per heavy atom. The van der Waals surface area contributed by atoms with Crippen molar-refractivity contribution < 1.29 is 8.98 Å². The Balaban J connectivity index is 1.05. The van der Waals surface area contributed by atoms with Crippen LogP contribution in [0.4, 0.5) is 0 Å². The molecule has 0 saturated carbocycles. The third kappa shape index (κ3) is 4.63. The molecular formula is C45H33N2O+. The van der Waals surface area contributed by atoms with Crippen molar-refractivity contribution in [1.29, 1.82) is 0 Å². The zero-order valence-electron chi connectivity index (χ0n) is 26.9. The summed E-state index contributed by atoms with van der Waals surface area (Å²) < 4.78 is 11.2. The Morgan fingerprint density at radius 1 is 0.479 bits per heavy atom. The van der Waals surface area contributed by atoms with E-state index in [-0.39, 0.29) is 0 Å². The molecule has 0 atom stereocenters. The summed E-state index contributed by atoms with van der Waals surface area (Å²) in [6, 6.07) is 54.2. The van der Waals surface area contributed by atoms with Crippen molar-refractivity contribution in [1.82, 2.24) is 4.57 Å². The third-order valence-corrected chi connectivity index (χ3v) is 9.65. The SMILES string of the molecule is Cc1ccc2c(oc3c4ccccc4ccc23)c1-c1n(-c2ccc(-c3ccc(-c4ccc(-c5ccccc5)cc4)cc3)cc2)cc[n+]1C. The van der Waals surface area contributed by atoms with E-state index in [0.717, 1.165) is 44.4 Å². The van der Waals surface area contributed by atoms with Gasteiger partial charge in [-0.1, -0.05) is 133 Å². The first-order valence-corrected chi connectivity index (χ1v) is 16.4. The minimum absolute atomic E-state index is 0.920. The maximum absolute atomic E-state index is 6.77. The molecule has 0 radical (unpaired) electrons. The van der Waals surface area contributed by atoms with Gasteiger partial charge < -0.3 is 4.42 Å². The van der Waals surface area contributed by atoms with Crippen LogP contribution in [-0.2, 0) is 7.05 Å². The number of furan rings is 1. The van der Waals surface area contributed by atoms with Gasteiger partial charge in [-0.05, 0) is 69.5 Å². The lowest BCUT2D eigenvalue weighted by Gasteiger charge is -2.09. The molecule has 9 aromatic rings. The summed E-state index contributed by atoms with van der Waals surface area (Å²) in [5.41, 5.74) is 12.5. The smallest absolute Gasteiger partial charge is 0.297 e. The Kier molecular flexibility index (Phi) is 6.58. The minimum Gasteiger partial charge on any atom is -0.454 e. The van der Waals surface area contributed by atoms with Gasteiger partial charge in [0.05, 0.1) is 7.05 Å². The first kappa shape index (κ1) is 28.1. The molecule has 0 aliphatic heterocycles. The van der Waals surface area contributed by atoms with Crippen molar-refractivity contribution in [2.45, 2.75) is 6.92 Å². The third-order valence-electron chi connectivity index (χ3n) is 9.65. The van der Waals surface area contributed by atoms with Crippen molar-refractivity contribution >= 4 is 32.7 Å². The largest absolute Gasteiger partial charge is 0.454 e. The van der Waals surface area contributed by atoms with Gasteiger partial charge in [0.15, 0.2) is 5.58 Å². The lowest BCUT2D eigenvalue weighted by Crippen LogP contribution is -2.29. The Labute approximate surface area is 279 Å². The van der Waals surface area contributed by atoms with Crippen molar-refractivity contribution in [2.24, 2.45) is 7.05 Å². The molecule has 0 aliphatic rings. The molecule has 9 rings (SSSR count). The Bertz CT molecular complexity index is 2590. The fourth-order valence-electron chi connectivity index (χ4n) is 7.08. The summed E-state index contributed by atoms with van der Waals surface area (Å²) in [7, 11) is 2.10. The Hall–Kier alpha value is -6.19. The molecule has 48 heavy (non-hydrogen) atoms. The van der Waals surface area contributed by atoms with Crippen molar-refractivity contribution in [3.8, 4) is 50.5 Å². The van der Waals surface area contributed by atoms with Crippen LogP contribution in [0.25, 0.3) is 83.2 Å². The zero-order chi connectivity index (χ0) is 32.2. The van der Waals surface area contributed by atoms with E-state index in [1.807, 2.05) is 0 Å². The topological polar surface area (TPSA) is 21.9 Å². The quantitative estimate of drug-likeness (QED) is 0.176. The van der Waals surface area contributed by atoms with E-state index in [1.165, 1.54) is 44.3 Å². The van der Waals surface area contributed by atoms with Gasteiger partial charge in [-0.2, -0.15) is 4.57 Å². The highest BCUT2D eigenvalue weighted by molar-refractivity contribution is 6.17. The van der Waals surface area contributed by atoms with E-state index in [4.69, 9.17) is 4.42 Å². The molecular weight excluding hydrogens is 585 g/mol. The predicted molar refractivity (Wildman–Crippen MR) is 198 cm³/mol. The number of aromatic nitrogens is 2. The van der Waals surface area contributed by atoms with E-state index in [1.54, 1.807) is 0 Å². The van der Waals surface area contributed by atoms with E-state index in [2.05, 4.69) is 187 Å². The maximum atomic E-state index is 6.77. The second kappa shape index (κ2) is 11.3. The second-order valence-electron chi connectivity index (χ2n) is 12.6. The summed E-state index contributed by atoms with van der Waals surface area (Å²) in [5.74, 6) is 1.08. The van der Waals surface area contributed by atoms with E-state index >= 15 is 0 Å². The first-order valence-electron chi connectivity index (χ1n) is 16.4. The van der Waals surface area contributed by atoms with Crippen molar-refractivity contribution in [2.75, 3.05) is 0 Å². The van der Waals surface area contributed by atoms with Gasteiger partial charge in [0.1, 0.15) is 29.2 Å². The van der Waals surface area contributed by atoms with Crippen LogP contribution in [0, 0.1) is 6.92 Å². The molecule has 0 spiro atoms. The molecule has 0 fully saturated rings. The van der Waals surface area contributed by atoms with Gasteiger partial charge in [-0.25, -0.2) is 4.57 Å². The number of imidazole rings is 1. The molecule has 0 saturated heterocycles. The fourth-order valence-corrected chi connectivity index (χ4v) is 7.08. The van der Waals surface area contributed by atoms with Crippen LogP contribution in [0.5, 0.6) is 0 Å². The number of fused-ring (bicyclic) bond motifs is 5. The van der Waals surface area contributed by atoms with Crippen LogP contribution < -0.4 is 4.57 Å². The highest BCUT2D eigenvalue weighted by Crippen LogP contribution is 2.40. The van der Waals surface area contributed by atoms with E-state index in [0.29, 0.717) is 0 Å². The number of aryl methyl sites for hydroxylation is 2. The van der Waals surface area contributed by atoms with Crippen LogP contribution in [-0.4, -0.2) is 4.57 Å². The lowest BCUT2D eigenvalue weighted by atomic mass is 9.98. The summed E-state index contributed by atoms with van der Waals surface area (Å²) >= 11 is 0. The van der Waals surface area contributed by atoms with Crippen LogP contribution in [0.15, 0.2) is 168 Å².